The van der Waals surface area contributed by atoms with E-state index in [2.05, 4.69) is 10.6 Å². The quantitative estimate of drug-likeness (QED) is 0.600. The predicted molar refractivity (Wildman–Crippen MR) is 60.2 cm³/mol. The fourth-order valence-corrected chi connectivity index (χ4v) is 2.12. The van der Waals surface area contributed by atoms with Crippen molar-refractivity contribution in [2.75, 3.05) is 7.05 Å². The Morgan fingerprint density at radius 1 is 1.36 bits per heavy atom. The number of thiocarbonyl (C=S) groups is 1. The summed E-state index contributed by atoms with van der Waals surface area (Å²) in [6.07, 6.45) is 5.05. The number of carbonyl (C=O) groups excluding carboxylic acids is 1. The Morgan fingerprint density at radius 3 is 2.36 bits per heavy atom. The monoisotopic (exact) mass is 215 g/mol. The summed E-state index contributed by atoms with van der Waals surface area (Å²) in [6.45, 7) is 0. The Morgan fingerprint density at radius 2 is 1.93 bits per heavy atom. The van der Waals surface area contributed by atoms with Gasteiger partial charge in [0.1, 0.15) is 0 Å². The molecular formula is C9H17N3OS. The number of amides is 2. The van der Waals surface area contributed by atoms with Crippen LogP contribution in [0.4, 0.5) is 4.79 Å². The maximum Gasteiger partial charge on any atom is 0.315 e. The van der Waals surface area contributed by atoms with E-state index in [0.29, 0.717) is 4.99 Å². The molecule has 14 heavy (non-hydrogen) atoms. The molecule has 1 saturated carbocycles. The molecule has 1 aliphatic rings. The van der Waals surface area contributed by atoms with E-state index in [-0.39, 0.29) is 6.03 Å². The molecule has 5 heteroatoms. The van der Waals surface area contributed by atoms with E-state index in [1.807, 2.05) is 0 Å². The van der Waals surface area contributed by atoms with Gasteiger partial charge in [-0.15, -0.1) is 0 Å². The minimum atomic E-state index is -0.451. The fraction of sp³-hybridized carbons (Fsp3) is 0.778. The molecule has 0 atom stereocenters. The number of carbonyl (C=O) groups is 1. The number of urea groups is 1. The Bertz CT molecular complexity index is 236. The molecule has 0 spiro atoms. The van der Waals surface area contributed by atoms with Gasteiger partial charge in [0.15, 0.2) is 0 Å². The van der Waals surface area contributed by atoms with E-state index < -0.39 is 5.54 Å². The van der Waals surface area contributed by atoms with Crippen molar-refractivity contribution in [1.82, 2.24) is 10.6 Å². The minimum absolute atomic E-state index is 0.209. The summed E-state index contributed by atoms with van der Waals surface area (Å²) < 4.78 is 0. The summed E-state index contributed by atoms with van der Waals surface area (Å²) in [5.41, 5.74) is 5.24. The average Bonchev–Trinajstić information content (AvgIpc) is 2.19. The third kappa shape index (κ3) is 2.35. The first-order chi connectivity index (χ1) is 6.60. The number of nitrogens with two attached hydrogens (primary N) is 1. The van der Waals surface area contributed by atoms with Crippen molar-refractivity contribution < 1.29 is 4.79 Å². The van der Waals surface area contributed by atoms with Crippen molar-refractivity contribution in [2.24, 2.45) is 5.73 Å². The van der Waals surface area contributed by atoms with Gasteiger partial charge in [-0.05, 0) is 12.8 Å². The molecule has 0 heterocycles. The van der Waals surface area contributed by atoms with E-state index in [9.17, 15) is 4.79 Å². The van der Waals surface area contributed by atoms with Gasteiger partial charge in [0.25, 0.3) is 0 Å². The molecule has 1 rings (SSSR count). The van der Waals surface area contributed by atoms with E-state index in [1.165, 1.54) is 6.42 Å². The van der Waals surface area contributed by atoms with Crippen molar-refractivity contribution in [3.63, 3.8) is 0 Å². The van der Waals surface area contributed by atoms with Gasteiger partial charge in [0.2, 0.25) is 0 Å². The van der Waals surface area contributed by atoms with Crippen LogP contribution in [0.1, 0.15) is 32.1 Å². The lowest BCUT2D eigenvalue weighted by molar-refractivity contribution is 0.227. The summed E-state index contributed by atoms with van der Waals surface area (Å²) in [5, 5.41) is 5.39. The van der Waals surface area contributed by atoms with Gasteiger partial charge in [-0.3, -0.25) is 0 Å². The van der Waals surface area contributed by atoms with Crippen LogP contribution in [0.5, 0.6) is 0 Å². The van der Waals surface area contributed by atoms with Gasteiger partial charge < -0.3 is 16.4 Å². The van der Waals surface area contributed by atoms with Crippen LogP contribution in [-0.4, -0.2) is 23.6 Å². The molecule has 4 N–H and O–H groups in total. The maximum atomic E-state index is 11.3. The van der Waals surface area contributed by atoms with Crippen molar-refractivity contribution in [3.05, 3.63) is 0 Å². The summed E-state index contributed by atoms with van der Waals surface area (Å²) in [6, 6.07) is -0.209. The van der Waals surface area contributed by atoms with E-state index in [4.69, 9.17) is 18.0 Å². The topological polar surface area (TPSA) is 67.2 Å². The Labute approximate surface area is 89.6 Å². The zero-order valence-electron chi connectivity index (χ0n) is 8.43. The first-order valence-electron chi connectivity index (χ1n) is 4.90. The van der Waals surface area contributed by atoms with E-state index >= 15 is 0 Å². The highest BCUT2D eigenvalue weighted by Gasteiger charge is 2.36. The van der Waals surface area contributed by atoms with Crippen molar-refractivity contribution >= 4 is 23.2 Å². The molecule has 0 saturated heterocycles. The lowest BCUT2D eigenvalue weighted by Gasteiger charge is -2.36. The highest BCUT2D eigenvalue weighted by molar-refractivity contribution is 7.80. The first kappa shape index (κ1) is 11.2. The summed E-state index contributed by atoms with van der Waals surface area (Å²) in [4.78, 5) is 11.7. The minimum Gasteiger partial charge on any atom is -0.391 e. The summed E-state index contributed by atoms with van der Waals surface area (Å²) >= 11 is 5.03. The lowest BCUT2D eigenvalue weighted by Crippen LogP contribution is -2.59. The first-order valence-corrected chi connectivity index (χ1v) is 5.31. The third-order valence-corrected chi connectivity index (χ3v) is 3.15. The molecule has 0 bridgehead atoms. The predicted octanol–water partition coefficient (Wildman–Crippen LogP) is 0.904. The molecule has 0 aromatic rings. The Kier molecular flexibility index (Phi) is 3.69. The summed E-state index contributed by atoms with van der Waals surface area (Å²) in [7, 11) is 1.59. The molecule has 1 aliphatic carbocycles. The highest BCUT2D eigenvalue weighted by atomic mass is 32.1. The van der Waals surface area contributed by atoms with Gasteiger partial charge in [-0.25, -0.2) is 4.79 Å². The van der Waals surface area contributed by atoms with E-state index in [0.717, 1.165) is 25.7 Å². The van der Waals surface area contributed by atoms with Crippen LogP contribution in [-0.2, 0) is 0 Å². The molecular weight excluding hydrogens is 198 g/mol. The second kappa shape index (κ2) is 4.59. The van der Waals surface area contributed by atoms with Crippen molar-refractivity contribution in [1.29, 1.82) is 0 Å². The zero-order chi connectivity index (χ0) is 10.6. The second-order valence-electron chi connectivity index (χ2n) is 3.71. The van der Waals surface area contributed by atoms with Crippen LogP contribution < -0.4 is 16.4 Å². The van der Waals surface area contributed by atoms with Gasteiger partial charge in [0.05, 0.1) is 10.5 Å². The molecule has 0 aromatic heterocycles. The van der Waals surface area contributed by atoms with Gasteiger partial charge in [0, 0.05) is 7.05 Å². The van der Waals surface area contributed by atoms with Crippen molar-refractivity contribution in [2.45, 2.75) is 37.6 Å². The van der Waals surface area contributed by atoms with Crippen molar-refractivity contribution in [3.8, 4) is 0 Å². The van der Waals surface area contributed by atoms with Crippen LogP contribution in [0, 0.1) is 0 Å². The molecule has 0 radical (unpaired) electrons. The van der Waals surface area contributed by atoms with Crippen LogP contribution in [0.15, 0.2) is 0 Å². The average molecular weight is 215 g/mol. The van der Waals surface area contributed by atoms with Gasteiger partial charge >= 0.3 is 6.03 Å². The smallest absolute Gasteiger partial charge is 0.315 e. The largest absolute Gasteiger partial charge is 0.391 e. The number of nitrogens with one attached hydrogen (secondary N) is 2. The van der Waals surface area contributed by atoms with Crippen LogP contribution >= 0.6 is 12.2 Å². The number of hydrogen-bond acceptors (Lipinski definition) is 2. The number of rotatable bonds is 2. The Hall–Kier alpha value is -0.840. The Balaban J connectivity index is 2.70. The molecule has 80 valence electrons. The lowest BCUT2D eigenvalue weighted by atomic mass is 9.81. The molecule has 0 unspecified atom stereocenters. The number of hydrogen-bond donors (Lipinski definition) is 3. The molecule has 1 fully saturated rings. The fourth-order valence-electron chi connectivity index (χ4n) is 1.87. The molecule has 4 nitrogen and oxygen atoms in total. The van der Waals surface area contributed by atoms with Crippen LogP contribution in [0.25, 0.3) is 0 Å². The standard InChI is InChI=1S/C9H17N3OS/c1-11-8(13)12-9(7(10)14)5-3-2-4-6-9/h2-6H2,1H3,(H2,10,14)(H2,11,12,13). The van der Waals surface area contributed by atoms with E-state index in [1.54, 1.807) is 7.05 Å². The van der Waals surface area contributed by atoms with Crippen LogP contribution in [0.3, 0.4) is 0 Å². The second-order valence-corrected chi connectivity index (χ2v) is 4.15. The SMILES string of the molecule is CNC(=O)NC1(C(N)=S)CCCCC1. The normalized spacial score (nSPS) is 19.8. The summed E-state index contributed by atoms with van der Waals surface area (Å²) in [5.74, 6) is 0. The van der Waals surface area contributed by atoms with Gasteiger partial charge in [-0.2, -0.15) is 0 Å². The third-order valence-electron chi connectivity index (χ3n) is 2.76. The maximum absolute atomic E-state index is 11.3. The molecule has 0 aliphatic heterocycles. The highest BCUT2D eigenvalue weighted by Crippen LogP contribution is 2.28. The van der Waals surface area contributed by atoms with Gasteiger partial charge in [-0.1, -0.05) is 31.5 Å². The van der Waals surface area contributed by atoms with Crippen LogP contribution in [0.2, 0.25) is 0 Å². The molecule has 0 aromatic carbocycles. The zero-order valence-corrected chi connectivity index (χ0v) is 9.25. The molecule has 2 amide bonds.